The van der Waals surface area contributed by atoms with Gasteiger partial charge in [-0.15, -0.1) is 0 Å². The molecule has 7 rings (SSSR count). The lowest BCUT2D eigenvalue weighted by Crippen LogP contribution is -2.32. The molecule has 1 fully saturated rings. The van der Waals surface area contributed by atoms with Crippen molar-refractivity contribution >= 4 is 16.9 Å². The second kappa shape index (κ2) is 14.4. The number of hydrogen-bond donors (Lipinski definition) is 2. The number of fused-ring (bicyclic) bond motifs is 1. The average molecular weight is 700 g/mol. The van der Waals surface area contributed by atoms with Crippen LogP contribution in [0.5, 0.6) is 0 Å². The first-order valence-corrected chi connectivity index (χ1v) is 16.1. The number of aromatic nitrogens is 2. The van der Waals surface area contributed by atoms with Gasteiger partial charge in [-0.05, 0) is 39.9 Å². The van der Waals surface area contributed by atoms with Crippen LogP contribution in [0, 0.1) is 29.1 Å². The summed E-state index contributed by atoms with van der Waals surface area (Å²) in [7, 11) is 0. The molecule has 0 radical (unpaired) electrons. The Morgan fingerprint density at radius 1 is 0.784 bits per heavy atom. The molecule has 12 heteroatoms. The van der Waals surface area contributed by atoms with Crippen molar-refractivity contribution in [3.05, 3.63) is 160 Å². The van der Waals surface area contributed by atoms with Crippen molar-refractivity contribution < 1.29 is 41.3 Å². The average Bonchev–Trinajstić information content (AvgIpc) is 3.58. The lowest BCUT2D eigenvalue weighted by molar-refractivity contribution is -0.252. The Hall–Kier alpha value is -5.43. The van der Waals surface area contributed by atoms with Crippen molar-refractivity contribution in [1.82, 2.24) is 14.9 Å². The zero-order chi connectivity index (χ0) is 35.6. The summed E-state index contributed by atoms with van der Waals surface area (Å²) in [6.45, 7) is 0.210. The molecular formula is C39H30F5N3O4. The summed E-state index contributed by atoms with van der Waals surface area (Å²) in [5.41, 5.74) is 4.72. The third-order valence-corrected chi connectivity index (χ3v) is 8.93. The van der Waals surface area contributed by atoms with Gasteiger partial charge in [0.1, 0.15) is 5.56 Å². The molecule has 1 aromatic heterocycles. The highest BCUT2D eigenvalue weighted by atomic mass is 19.2. The molecular weight excluding hydrogens is 669 g/mol. The number of benzene rings is 5. The number of aliphatic hydroxyl groups excluding tert-OH is 1. The monoisotopic (exact) mass is 699 g/mol. The van der Waals surface area contributed by atoms with Crippen LogP contribution in [0.25, 0.3) is 22.2 Å². The number of carbonyl (C=O) groups is 1. The first-order valence-electron chi connectivity index (χ1n) is 16.1. The first-order chi connectivity index (χ1) is 24.7. The van der Waals surface area contributed by atoms with Crippen LogP contribution in [0.4, 0.5) is 22.0 Å². The van der Waals surface area contributed by atoms with Gasteiger partial charge in [0.25, 0.3) is 5.91 Å². The van der Waals surface area contributed by atoms with E-state index in [4.69, 9.17) is 9.47 Å². The second-order valence-corrected chi connectivity index (χ2v) is 12.1. The smallest absolute Gasteiger partial charge is 0.257 e. The molecule has 0 saturated carbocycles. The number of ether oxygens (including phenoxy) is 2. The number of nitrogens with one attached hydrogen (secondary N) is 1. The quantitative estimate of drug-likeness (QED) is 0.0907. The number of carbonyl (C=O) groups excluding carboxylic acids is 1. The zero-order valence-electron chi connectivity index (χ0n) is 26.8. The van der Waals surface area contributed by atoms with Gasteiger partial charge >= 0.3 is 0 Å². The second-order valence-electron chi connectivity index (χ2n) is 12.1. The molecule has 1 aliphatic rings. The predicted octanol–water partition coefficient (Wildman–Crippen LogP) is 8.07. The normalized spacial score (nSPS) is 17.5. The fourth-order valence-corrected chi connectivity index (χ4v) is 6.25. The van der Waals surface area contributed by atoms with E-state index in [0.717, 1.165) is 33.3 Å². The third-order valence-electron chi connectivity index (χ3n) is 8.93. The van der Waals surface area contributed by atoms with E-state index in [9.17, 15) is 31.9 Å². The molecule has 0 unspecified atom stereocenters. The Kier molecular flexibility index (Phi) is 9.63. The third kappa shape index (κ3) is 6.85. The van der Waals surface area contributed by atoms with Gasteiger partial charge in [0.2, 0.25) is 5.82 Å². The van der Waals surface area contributed by atoms with Gasteiger partial charge in [0.05, 0.1) is 42.7 Å². The summed E-state index contributed by atoms with van der Waals surface area (Å²) < 4.78 is 84.4. The summed E-state index contributed by atoms with van der Waals surface area (Å²) in [5.74, 6) is -12.6. The van der Waals surface area contributed by atoms with Crippen LogP contribution < -0.4 is 5.32 Å². The highest BCUT2D eigenvalue weighted by Gasteiger charge is 2.33. The summed E-state index contributed by atoms with van der Waals surface area (Å²) in [4.78, 5) is 17.1. The van der Waals surface area contributed by atoms with E-state index in [-0.39, 0.29) is 25.4 Å². The maximum Gasteiger partial charge on any atom is 0.257 e. The standard InChI is InChI=1S/C39H30F5N3O4/c40-33-32(34(41)36(43)37(44)35(33)42)38(49)45-18-26-5-1-2-6-28(26)23-13-15-25(16-14-23)39-50-27(19-47-21-46-29-7-3-4-8-30(29)47)17-31(51-39)24-11-9-22(20-48)10-12-24/h1-16,21,27,31,39,48H,17-20H2,(H,45,49)/t27-,31+,39+/m0/s1. The van der Waals surface area contributed by atoms with Gasteiger partial charge in [0, 0.05) is 18.5 Å². The molecule has 7 nitrogen and oxygen atoms in total. The molecule has 51 heavy (non-hydrogen) atoms. The van der Waals surface area contributed by atoms with Gasteiger partial charge < -0.3 is 24.5 Å². The van der Waals surface area contributed by atoms with E-state index in [1.54, 1.807) is 30.6 Å². The van der Waals surface area contributed by atoms with Crippen molar-refractivity contribution in [2.45, 2.75) is 44.6 Å². The fraction of sp³-hybridized carbons (Fsp3) is 0.179. The molecule has 3 atom stereocenters. The zero-order valence-corrected chi connectivity index (χ0v) is 26.8. The summed E-state index contributed by atoms with van der Waals surface area (Å²) in [6, 6.07) is 29.7. The van der Waals surface area contributed by atoms with E-state index >= 15 is 0 Å². The van der Waals surface area contributed by atoms with Crippen LogP contribution in [-0.4, -0.2) is 26.7 Å². The molecule has 260 valence electrons. The van der Waals surface area contributed by atoms with Crippen molar-refractivity contribution in [1.29, 1.82) is 0 Å². The molecule has 0 spiro atoms. The molecule has 2 N–H and O–H groups in total. The van der Waals surface area contributed by atoms with Crippen LogP contribution >= 0.6 is 0 Å². The molecule has 1 amide bonds. The fourth-order valence-electron chi connectivity index (χ4n) is 6.25. The van der Waals surface area contributed by atoms with Crippen LogP contribution in [0.15, 0.2) is 103 Å². The minimum atomic E-state index is -2.34. The number of hydrogen-bond acceptors (Lipinski definition) is 5. The first kappa shape index (κ1) is 34.0. The Morgan fingerprint density at radius 3 is 2.16 bits per heavy atom. The summed E-state index contributed by atoms with van der Waals surface area (Å²) >= 11 is 0. The molecule has 5 aromatic carbocycles. The molecule has 6 aromatic rings. The van der Waals surface area contributed by atoms with Gasteiger partial charge in [-0.1, -0.05) is 84.9 Å². The number of imidazole rings is 1. The van der Waals surface area contributed by atoms with Crippen LogP contribution in [0.1, 0.15) is 51.4 Å². The van der Waals surface area contributed by atoms with Gasteiger partial charge in [-0.2, -0.15) is 0 Å². The Balaban J connectivity index is 1.12. The van der Waals surface area contributed by atoms with Gasteiger partial charge in [0.15, 0.2) is 29.6 Å². The maximum atomic E-state index is 14.2. The summed E-state index contributed by atoms with van der Waals surface area (Å²) in [5, 5.41) is 11.8. The Morgan fingerprint density at radius 2 is 1.43 bits per heavy atom. The number of rotatable bonds is 9. The van der Waals surface area contributed by atoms with E-state index in [1.807, 2.05) is 72.8 Å². The van der Waals surface area contributed by atoms with Gasteiger partial charge in [-0.3, -0.25) is 4.79 Å². The SMILES string of the molecule is O=C(NCc1ccccc1-c1ccc([C@@H]2O[C@H](Cn3cnc4ccccc43)C[C@H](c3ccc(CO)cc3)O2)cc1)c1c(F)c(F)c(F)c(F)c1F. The molecule has 1 aliphatic heterocycles. The van der Waals surface area contributed by atoms with E-state index in [1.165, 1.54) is 0 Å². The lowest BCUT2D eigenvalue weighted by atomic mass is 9.97. The number of aliphatic hydroxyl groups is 1. The lowest BCUT2D eigenvalue weighted by Gasteiger charge is -2.36. The maximum absolute atomic E-state index is 14.2. The van der Waals surface area contributed by atoms with Crippen LogP contribution in [-0.2, 0) is 29.2 Å². The molecule has 0 aliphatic carbocycles. The predicted molar refractivity (Wildman–Crippen MR) is 177 cm³/mol. The molecule has 2 heterocycles. The minimum Gasteiger partial charge on any atom is -0.392 e. The molecule has 1 saturated heterocycles. The van der Waals surface area contributed by atoms with Crippen molar-refractivity contribution in [2.75, 3.05) is 0 Å². The molecule has 0 bridgehead atoms. The number of nitrogens with zero attached hydrogens (tertiary/aromatic N) is 2. The van der Waals surface area contributed by atoms with Gasteiger partial charge in [-0.25, -0.2) is 26.9 Å². The Labute approximate surface area is 288 Å². The van der Waals surface area contributed by atoms with Crippen molar-refractivity contribution in [3.63, 3.8) is 0 Å². The van der Waals surface area contributed by atoms with E-state index in [2.05, 4.69) is 14.9 Å². The number of para-hydroxylation sites is 2. The topological polar surface area (TPSA) is 85.6 Å². The van der Waals surface area contributed by atoms with E-state index < -0.39 is 46.8 Å². The largest absolute Gasteiger partial charge is 0.392 e. The van der Waals surface area contributed by atoms with Crippen LogP contribution in [0.3, 0.4) is 0 Å². The highest BCUT2D eigenvalue weighted by Crippen LogP contribution is 2.39. The van der Waals surface area contributed by atoms with E-state index in [0.29, 0.717) is 24.1 Å². The minimum absolute atomic E-state index is 0.0684. The highest BCUT2D eigenvalue weighted by molar-refractivity contribution is 5.95. The number of halogens is 5. The number of amides is 1. The Bertz CT molecular complexity index is 2180. The van der Waals surface area contributed by atoms with Crippen molar-refractivity contribution in [3.8, 4) is 11.1 Å². The summed E-state index contributed by atoms with van der Waals surface area (Å²) in [6.07, 6.45) is 1.08. The van der Waals surface area contributed by atoms with Crippen molar-refractivity contribution in [2.24, 2.45) is 0 Å². The van der Waals surface area contributed by atoms with Crippen LogP contribution in [0.2, 0.25) is 0 Å².